The van der Waals surface area contributed by atoms with Crippen LogP contribution in [-0.2, 0) is 11.3 Å². The van der Waals surface area contributed by atoms with E-state index >= 15 is 0 Å². The molecule has 0 radical (unpaired) electrons. The van der Waals surface area contributed by atoms with E-state index in [0.717, 1.165) is 4.47 Å². The number of anilines is 1. The molecule has 1 atom stereocenters. The predicted molar refractivity (Wildman–Crippen MR) is 150 cm³/mol. The second kappa shape index (κ2) is 13.3. The Hall–Kier alpha value is -2.33. The Bertz CT molecular complexity index is 1230. The van der Waals surface area contributed by atoms with Crippen molar-refractivity contribution >= 4 is 68.4 Å². The van der Waals surface area contributed by atoms with Gasteiger partial charge in [0.05, 0.1) is 22.4 Å². The number of hydrogen-bond donors (Lipinski definition) is 2. The third kappa shape index (κ3) is 7.83. The first-order valence-electron chi connectivity index (χ1n) is 11.2. The zero-order chi connectivity index (χ0) is 26.2. The van der Waals surface area contributed by atoms with E-state index in [9.17, 15) is 9.59 Å². The third-order valence-corrected chi connectivity index (χ3v) is 7.06. The Morgan fingerprint density at radius 3 is 2.53 bits per heavy atom. The maximum absolute atomic E-state index is 13.1. The highest BCUT2D eigenvalue weighted by atomic mass is 79.9. The molecule has 2 amide bonds. The van der Waals surface area contributed by atoms with E-state index in [1.165, 1.54) is 17.8 Å². The molecular weight excluding hydrogens is 585 g/mol. The van der Waals surface area contributed by atoms with E-state index in [-0.39, 0.29) is 28.5 Å². The Morgan fingerprint density at radius 1 is 1.17 bits per heavy atom. The van der Waals surface area contributed by atoms with E-state index in [4.69, 9.17) is 23.2 Å². The van der Waals surface area contributed by atoms with Crippen molar-refractivity contribution in [1.82, 2.24) is 20.1 Å². The van der Waals surface area contributed by atoms with Crippen LogP contribution in [0.25, 0.3) is 0 Å². The summed E-state index contributed by atoms with van der Waals surface area (Å²) in [5.74, 6) is 0.489. The second-order valence-corrected chi connectivity index (χ2v) is 11.1. The minimum atomic E-state index is -0.428. The highest BCUT2D eigenvalue weighted by Crippen LogP contribution is 2.27. The summed E-state index contributed by atoms with van der Waals surface area (Å²) in [5.41, 5.74) is 1.03. The minimum Gasteiger partial charge on any atom is -0.342 e. The molecule has 1 aromatic heterocycles. The molecule has 0 unspecified atom stereocenters. The average molecular weight is 611 g/mol. The van der Waals surface area contributed by atoms with Gasteiger partial charge in [0.25, 0.3) is 5.91 Å². The number of amides is 2. The van der Waals surface area contributed by atoms with Crippen LogP contribution in [0.3, 0.4) is 0 Å². The number of rotatable bonds is 11. The van der Waals surface area contributed by atoms with Gasteiger partial charge in [-0.1, -0.05) is 70.8 Å². The number of carbonyl (C=O) groups excluding carboxylic acids is 2. The number of halogens is 3. The molecule has 3 aromatic rings. The molecule has 0 fully saturated rings. The number of thioether (sulfide) groups is 1. The predicted octanol–water partition coefficient (Wildman–Crippen LogP) is 6.78. The number of nitrogens with zero attached hydrogens (tertiary/aromatic N) is 3. The van der Waals surface area contributed by atoms with Crippen LogP contribution < -0.4 is 10.6 Å². The molecule has 0 aliphatic heterocycles. The van der Waals surface area contributed by atoms with Crippen LogP contribution in [0.2, 0.25) is 10.0 Å². The zero-order valence-corrected chi connectivity index (χ0v) is 23.7. The Labute approximate surface area is 233 Å². The van der Waals surface area contributed by atoms with Crippen molar-refractivity contribution in [3.63, 3.8) is 0 Å². The molecule has 0 spiro atoms. The highest BCUT2D eigenvalue weighted by molar-refractivity contribution is 9.10. The lowest BCUT2D eigenvalue weighted by Gasteiger charge is -2.21. The van der Waals surface area contributed by atoms with Gasteiger partial charge in [-0.25, -0.2) is 0 Å². The van der Waals surface area contributed by atoms with Crippen LogP contribution in [0.4, 0.5) is 5.69 Å². The summed E-state index contributed by atoms with van der Waals surface area (Å²) >= 11 is 16.9. The number of hydrogen-bond acceptors (Lipinski definition) is 5. The molecule has 0 aliphatic rings. The maximum atomic E-state index is 13.1. The average Bonchev–Trinajstić information content (AvgIpc) is 3.21. The van der Waals surface area contributed by atoms with Gasteiger partial charge in [-0.05, 0) is 54.8 Å². The van der Waals surface area contributed by atoms with E-state index in [1.807, 2.05) is 28.8 Å². The first kappa shape index (κ1) is 28.2. The van der Waals surface area contributed by atoms with Crippen molar-refractivity contribution in [2.75, 3.05) is 11.1 Å². The van der Waals surface area contributed by atoms with Crippen molar-refractivity contribution < 1.29 is 9.59 Å². The lowest BCUT2D eigenvalue weighted by atomic mass is 10.0. The summed E-state index contributed by atoms with van der Waals surface area (Å²) in [7, 11) is 0. The van der Waals surface area contributed by atoms with Crippen molar-refractivity contribution in [2.45, 2.75) is 38.0 Å². The standard InChI is InChI=1S/C25H26BrCl2N5O2S/c1-4-11-33-23(21(12-15(2)3)30-24(35)19-10-7-17(27)13-20(19)28)31-32-25(33)36-14-22(34)29-18-8-5-16(26)6-9-18/h4-10,13,15,21H,1,11-12,14H2,2-3H3,(H,29,34)(H,30,35)/t21-/m1/s1. The maximum Gasteiger partial charge on any atom is 0.253 e. The number of allylic oxidation sites excluding steroid dienone is 1. The lowest BCUT2D eigenvalue weighted by molar-refractivity contribution is -0.113. The molecule has 0 aliphatic carbocycles. The molecule has 0 saturated heterocycles. The van der Waals surface area contributed by atoms with E-state index in [1.54, 1.807) is 18.2 Å². The number of nitrogens with one attached hydrogen (secondary N) is 2. The third-order valence-electron chi connectivity index (χ3n) is 5.02. The quantitative estimate of drug-likeness (QED) is 0.184. The molecule has 3 rings (SSSR count). The van der Waals surface area contributed by atoms with Crippen LogP contribution in [0.5, 0.6) is 0 Å². The largest absolute Gasteiger partial charge is 0.342 e. The van der Waals surface area contributed by atoms with E-state index < -0.39 is 6.04 Å². The molecule has 2 N–H and O–H groups in total. The van der Waals surface area contributed by atoms with Gasteiger partial charge in [0.2, 0.25) is 5.91 Å². The van der Waals surface area contributed by atoms with Gasteiger partial charge < -0.3 is 15.2 Å². The van der Waals surface area contributed by atoms with Gasteiger partial charge in [0.15, 0.2) is 11.0 Å². The van der Waals surface area contributed by atoms with Crippen LogP contribution in [0.1, 0.15) is 42.5 Å². The fourth-order valence-electron chi connectivity index (χ4n) is 3.44. The fraction of sp³-hybridized carbons (Fsp3) is 0.280. The summed E-state index contributed by atoms with van der Waals surface area (Å²) in [6.07, 6.45) is 2.35. The first-order chi connectivity index (χ1) is 17.2. The molecule has 190 valence electrons. The van der Waals surface area contributed by atoms with Gasteiger partial charge >= 0.3 is 0 Å². The Morgan fingerprint density at radius 2 is 1.89 bits per heavy atom. The zero-order valence-electron chi connectivity index (χ0n) is 19.8. The second-order valence-electron chi connectivity index (χ2n) is 8.36. The van der Waals surface area contributed by atoms with Gasteiger partial charge in [-0.15, -0.1) is 16.8 Å². The molecular formula is C25H26BrCl2N5O2S. The number of aromatic nitrogens is 3. The molecule has 2 aromatic carbocycles. The summed E-state index contributed by atoms with van der Waals surface area (Å²) in [6.45, 7) is 8.38. The monoisotopic (exact) mass is 609 g/mol. The van der Waals surface area contributed by atoms with Crippen molar-refractivity contribution in [3.8, 4) is 0 Å². The minimum absolute atomic E-state index is 0.146. The van der Waals surface area contributed by atoms with Crippen molar-refractivity contribution in [2.24, 2.45) is 5.92 Å². The van der Waals surface area contributed by atoms with Crippen LogP contribution >= 0.6 is 50.9 Å². The summed E-state index contributed by atoms with van der Waals surface area (Å²) in [4.78, 5) is 25.5. The Kier molecular flexibility index (Phi) is 10.4. The first-order valence-corrected chi connectivity index (χ1v) is 13.7. The highest BCUT2D eigenvalue weighted by Gasteiger charge is 2.25. The van der Waals surface area contributed by atoms with Crippen molar-refractivity contribution in [1.29, 1.82) is 0 Å². The molecule has 1 heterocycles. The van der Waals surface area contributed by atoms with Crippen molar-refractivity contribution in [3.05, 3.63) is 81.0 Å². The van der Waals surface area contributed by atoms with Crippen LogP contribution in [-0.4, -0.2) is 32.3 Å². The van der Waals surface area contributed by atoms with Gasteiger partial charge in [-0.2, -0.15) is 0 Å². The Balaban J connectivity index is 1.78. The molecule has 0 saturated carbocycles. The van der Waals surface area contributed by atoms with E-state index in [0.29, 0.717) is 40.2 Å². The van der Waals surface area contributed by atoms with Crippen LogP contribution in [0.15, 0.2) is 64.7 Å². The fourth-order valence-corrected chi connectivity index (χ4v) is 4.95. The van der Waals surface area contributed by atoms with E-state index in [2.05, 4.69) is 57.2 Å². The summed E-state index contributed by atoms with van der Waals surface area (Å²) < 4.78 is 2.79. The summed E-state index contributed by atoms with van der Waals surface area (Å²) in [5, 5.41) is 15.9. The van der Waals surface area contributed by atoms with Gasteiger partial charge in [-0.3, -0.25) is 9.59 Å². The molecule has 36 heavy (non-hydrogen) atoms. The molecule has 11 heteroatoms. The number of carbonyl (C=O) groups is 2. The SMILES string of the molecule is C=CCn1c(SCC(=O)Nc2ccc(Br)cc2)nnc1[C@@H](CC(C)C)NC(=O)c1ccc(Cl)cc1Cl. The topological polar surface area (TPSA) is 88.9 Å². The molecule has 0 bridgehead atoms. The summed E-state index contributed by atoms with van der Waals surface area (Å²) in [6, 6.07) is 11.7. The van der Waals surface area contributed by atoms with Gasteiger partial charge in [0, 0.05) is 21.7 Å². The van der Waals surface area contributed by atoms with Crippen LogP contribution in [0, 0.1) is 5.92 Å². The smallest absolute Gasteiger partial charge is 0.253 e. The van der Waals surface area contributed by atoms with Gasteiger partial charge in [0.1, 0.15) is 0 Å². The number of benzene rings is 2. The lowest BCUT2D eigenvalue weighted by Crippen LogP contribution is -2.32. The molecule has 7 nitrogen and oxygen atoms in total. The normalized spacial score (nSPS) is 11.8.